The topological polar surface area (TPSA) is 84.8 Å². The summed E-state index contributed by atoms with van der Waals surface area (Å²) in [7, 11) is 0. The predicted octanol–water partition coefficient (Wildman–Crippen LogP) is 1.69. The summed E-state index contributed by atoms with van der Waals surface area (Å²) in [6.07, 6.45) is 1.38. The van der Waals surface area contributed by atoms with Crippen molar-refractivity contribution >= 4 is 5.97 Å². The molecule has 2 heterocycles. The van der Waals surface area contributed by atoms with Gasteiger partial charge in [-0.25, -0.2) is 14.2 Å². The lowest BCUT2D eigenvalue weighted by molar-refractivity contribution is 0.0316. The minimum atomic E-state index is -1.19. The van der Waals surface area contributed by atoms with Gasteiger partial charge in [0.15, 0.2) is 5.69 Å². The zero-order valence-electron chi connectivity index (χ0n) is 13.5. The second-order valence-electron chi connectivity index (χ2n) is 5.53. The number of benzene rings is 1. The van der Waals surface area contributed by atoms with Crippen LogP contribution in [-0.4, -0.2) is 65.4 Å². The molecule has 7 nitrogen and oxygen atoms in total. The summed E-state index contributed by atoms with van der Waals surface area (Å²) in [6, 6.07) is 5.50. The molecule has 0 radical (unpaired) electrons. The molecule has 1 aliphatic rings. The fourth-order valence-corrected chi connectivity index (χ4v) is 2.53. The summed E-state index contributed by atoms with van der Waals surface area (Å²) in [5.74, 6) is -1.59. The molecule has 0 aliphatic carbocycles. The number of morpholine rings is 1. The van der Waals surface area contributed by atoms with Crippen molar-refractivity contribution in [3.63, 3.8) is 0 Å². The number of aromatic nitrogens is 2. The van der Waals surface area contributed by atoms with Crippen LogP contribution >= 0.6 is 0 Å². The minimum Gasteiger partial charge on any atom is -0.476 e. The quantitative estimate of drug-likeness (QED) is 0.851. The van der Waals surface area contributed by atoms with Crippen molar-refractivity contribution in [2.75, 3.05) is 39.5 Å². The molecule has 0 unspecified atom stereocenters. The molecule has 8 heteroatoms. The largest absolute Gasteiger partial charge is 0.476 e. The number of hydrogen-bond donors (Lipinski definition) is 1. The Morgan fingerprint density at radius 1 is 1.28 bits per heavy atom. The zero-order chi connectivity index (χ0) is 17.6. The van der Waals surface area contributed by atoms with E-state index in [0.717, 1.165) is 13.1 Å². The maximum absolute atomic E-state index is 13.0. The molecular formula is C17H18FN3O4. The van der Waals surface area contributed by atoms with E-state index in [1.165, 1.54) is 30.5 Å². The Kier molecular flexibility index (Phi) is 5.52. The van der Waals surface area contributed by atoms with E-state index in [0.29, 0.717) is 37.5 Å². The molecule has 1 aromatic carbocycles. The molecule has 0 bridgehead atoms. The highest BCUT2D eigenvalue weighted by Gasteiger charge is 2.17. The summed E-state index contributed by atoms with van der Waals surface area (Å²) in [6.45, 7) is 4.13. The van der Waals surface area contributed by atoms with Gasteiger partial charge < -0.3 is 14.6 Å². The second-order valence-corrected chi connectivity index (χ2v) is 5.53. The Hall–Kier alpha value is -2.58. The number of ether oxygens (including phenoxy) is 2. The minimum absolute atomic E-state index is 0.0107. The van der Waals surface area contributed by atoms with Crippen LogP contribution < -0.4 is 4.74 Å². The number of nitrogens with zero attached hydrogens (tertiary/aromatic N) is 3. The van der Waals surface area contributed by atoms with E-state index in [4.69, 9.17) is 9.47 Å². The van der Waals surface area contributed by atoms with Crippen molar-refractivity contribution in [2.45, 2.75) is 0 Å². The van der Waals surface area contributed by atoms with Crippen molar-refractivity contribution in [1.29, 1.82) is 0 Å². The molecule has 1 fully saturated rings. The SMILES string of the molecule is O=C(O)c1nc(OCCN2CCOCC2)ncc1-c1ccc(F)cc1. The van der Waals surface area contributed by atoms with Crippen LogP contribution in [0.2, 0.25) is 0 Å². The maximum atomic E-state index is 13.0. The van der Waals surface area contributed by atoms with Crippen molar-refractivity contribution in [3.8, 4) is 17.1 Å². The molecule has 3 rings (SSSR count). The van der Waals surface area contributed by atoms with Gasteiger partial charge in [-0.1, -0.05) is 12.1 Å². The van der Waals surface area contributed by atoms with Crippen molar-refractivity contribution in [1.82, 2.24) is 14.9 Å². The van der Waals surface area contributed by atoms with E-state index in [1.54, 1.807) is 0 Å². The molecule has 25 heavy (non-hydrogen) atoms. The van der Waals surface area contributed by atoms with Gasteiger partial charge in [0.1, 0.15) is 12.4 Å². The van der Waals surface area contributed by atoms with E-state index < -0.39 is 11.8 Å². The normalized spacial score (nSPS) is 15.1. The number of carboxylic acid groups (broad SMARTS) is 1. The maximum Gasteiger partial charge on any atom is 0.355 e. The Bertz CT molecular complexity index is 733. The summed E-state index contributed by atoms with van der Waals surface area (Å²) in [4.78, 5) is 21.7. The first-order chi connectivity index (χ1) is 12.1. The Balaban J connectivity index is 1.70. The van der Waals surface area contributed by atoms with E-state index in [-0.39, 0.29) is 11.7 Å². The first kappa shape index (κ1) is 17.2. The van der Waals surface area contributed by atoms with Gasteiger partial charge in [0.25, 0.3) is 0 Å². The van der Waals surface area contributed by atoms with Crippen LogP contribution in [-0.2, 0) is 4.74 Å². The van der Waals surface area contributed by atoms with Gasteiger partial charge in [-0.2, -0.15) is 4.98 Å². The molecule has 132 valence electrons. The lowest BCUT2D eigenvalue weighted by Gasteiger charge is -2.26. The van der Waals surface area contributed by atoms with Crippen LogP contribution in [0.25, 0.3) is 11.1 Å². The number of aromatic carboxylic acids is 1. The summed E-state index contributed by atoms with van der Waals surface area (Å²) >= 11 is 0. The summed E-state index contributed by atoms with van der Waals surface area (Å²) in [5, 5.41) is 9.39. The molecular weight excluding hydrogens is 329 g/mol. The Morgan fingerprint density at radius 3 is 2.68 bits per heavy atom. The second kappa shape index (κ2) is 8.00. The molecule has 1 aliphatic heterocycles. The average Bonchev–Trinajstić information content (AvgIpc) is 2.63. The third-order valence-electron chi connectivity index (χ3n) is 3.87. The number of rotatable bonds is 6. The Labute approximate surface area is 144 Å². The van der Waals surface area contributed by atoms with Crippen molar-refractivity contribution < 1.29 is 23.8 Å². The monoisotopic (exact) mass is 347 g/mol. The predicted molar refractivity (Wildman–Crippen MR) is 87.1 cm³/mol. The third-order valence-corrected chi connectivity index (χ3v) is 3.87. The van der Waals surface area contributed by atoms with Gasteiger partial charge in [-0.15, -0.1) is 0 Å². The van der Waals surface area contributed by atoms with Gasteiger partial charge in [0, 0.05) is 31.4 Å². The highest BCUT2D eigenvalue weighted by Crippen LogP contribution is 2.23. The van der Waals surface area contributed by atoms with Crippen LogP contribution in [0.5, 0.6) is 6.01 Å². The van der Waals surface area contributed by atoms with Crippen LogP contribution in [0.1, 0.15) is 10.5 Å². The lowest BCUT2D eigenvalue weighted by Crippen LogP contribution is -2.38. The van der Waals surface area contributed by atoms with Crippen LogP contribution in [0, 0.1) is 5.82 Å². The number of halogens is 1. The highest BCUT2D eigenvalue weighted by atomic mass is 19.1. The highest BCUT2D eigenvalue weighted by molar-refractivity contribution is 5.93. The standard InChI is InChI=1S/C17H18FN3O4/c18-13-3-1-12(2-4-13)14-11-19-17(20-15(14)16(22)23)25-10-7-21-5-8-24-9-6-21/h1-4,11H,5-10H2,(H,22,23). The van der Waals surface area contributed by atoms with Gasteiger partial charge in [-0.3, -0.25) is 4.90 Å². The van der Waals surface area contributed by atoms with E-state index >= 15 is 0 Å². The van der Waals surface area contributed by atoms with E-state index in [1.807, 2.05) is 0 Å². The third kappa shape index (κ3) is 4.49. The fraction of sp³-hybridized carbons (Fsp3) is 0.353. The molecule has 2 aromatic rings. The number of carboxylic acids is 1. The van der Waals surface area contributed by atoms with Crippen molar-refractivity contribution in [3.05, 3.63) is 42.0 Å². The van der Waals surface area contributed by atoms with Gasteiger partial charge in [0.2, 0.25) is 0 Å². The molecule has 1 aromatic heterocycles. The molecule has 1 saturated heterocycles. The van der Waals surface area contributed by atoms with Gasteiger partial charge in [-0.05, 0) is 17.7 Å². The van der Waals surface area contributed by atoms with E-state index in [2.05, 4.69) is 14.9 Å². The first-order valence-electron chi connectivity index (χ1n) is 7.92. The van der Waals surface area contributed by atoms with Crippen molar-refractivity contribution in [2.24, 2.45) is 0 Å². The number of carbonyl (C=O) groups is 1. The van der Waals surface area contributed by atoms with Crippen LogP contribution in [0.15, 0.2) is 30.5 Å². The molecule has 1 N–H and O–H groups in total. The lowest BCUT2D eigenvalue weighted by atomic mass is 10.1. The molecule has 0 saturated carbocycles. The fourth-order valence-electron chi connectivity index (χ4n) is 2.53. The van der Waals surface area contributed by atoms with Gasteiger partial charge in [0.05, 0.1) is 13.2 Å². The average molecular weight is 347 g/mol. The summed E-state index contributed by atoms with van der Waals surface area (Å²) < 4.78 is 23.8. The van der Waals surface area contributed by atoms with Gasteiger partial charge >= 0.3 is 12.0 Å². The molecule has 0 amide bonds. The Morgan fingerprint density at radius 2 is 2.00 bits per heavy atom. The number of hydrogen-bond acceptors (Lipinski definition) is 6. The first-order valence-corrected chi connectivity index (χ1v) is 7.92. The molecule has 0 spiro atoms. The van der Waals surface area contributed by atoms with E-state index in [9.17, 15) is 14.3 Å². The smallest absolute Gasteiger partial charge is 0.355 e. The zero-order valence-corrected chi connectivity index (χ0v) is 13.5. The molecule has 0 atom stereocenters. The summed E-state index contributed by atoms with van der Waals surface area (Å²) in [5.41, 5.74) is 0.662. The van der Waals surface area contributed by atoms with Crippen LogP contribution in [0.4, 0.5) is 4.39 Å². The van der Waals surface area contributed by atoms with Crippen LogP contribution in [0.3, 0.4) is 0 Å².